The molecule has 1 atom stereocenters. The van der Waals surface area contributed by atoms with Crippen LogP contribution in [-0.2, 0) is 10.0 Å². The normalized spacial score (nSPS) is 14.8. The van der Waals surface area contributed by atoms with Crippen LogP contribution in [0.4, 0.5) is 13.2 Å². The lowest BCUT2D eigenvalue weighted by molar-refractivity contribution is -0.274. The Bertz CT molecular complexity index is 638. The fourth-order valence-electron chi connectivity index (χ4n) is 2.29. The number of alkyl halides is 3. The van der Waals surface area contributed by atoms with Crippen molar-refractivity contribution in [2.45, 2.75) is 44.0 Å². The summed E-state index contributed by atoms with van der Waals surface area (Å²) in [5.41, 5.74) is 4.76. The second-order valence-corrected chi connectivity index (χ2v) is 7.67. The predicted octanol–water partition coefficient (Wildman–Crippen LogP) is 3.05. The highest BCUT2D eigenvalue weighted by Gasteiger charge is 2.33. The summed E-state index contributed by atoms with van der Waals surface area (Å²) in [6.07, 6.45) is -4.40. The Balaban J connectivity index is 0.00000529. The zero-order chi connectivity index (χ0) is 17.9. The van der Waals surface area contributed by atoms with E-state index in [9.17, 15) is 21.6 Å². The van der Waals surface area contributed by atoms with E-state index in [0.717, 1.165) is 12.1 Å². The largest absolute Gasteiger partial charge is 0.573 e. The zero-order valence-corrected chi connectivity index (χ0v) is 15.2. The van der Waals surface area contributed by atoms with Gasteiger partial charge in [0.15, 0.2) is 0 Å². The molecule has 1 unspecified atom stereocenters. The van der Waals surface area contributed by atoms with Crippen LogP contribution in [0.25, 0.3) is 0 Å². The molecule has 0 radical (unpaired) electrons. The van der Waals surface area contributed by atoms with Gasteiger partial charge < -0.3 is 10.5 Å². The molecule has 140 valence electrons. The first-order valence-electron chi connectivity index (χ1n) is 6.97. The van der Waals surface area contributed by atoms with Gasteiger partial charge in [0, 0.05) is 18.2 Å². The fourth-order valence-corrected chi connectivity index (χ4v) is 3.75. The molecule has 0 spiro atoms. The summed E-state index contributed by atoms with van der Waals surface area (Å²) in [5, 5.41) is 0. The van der Waals surface area contributed by atoms with Crippen molar-refractivity contribution in [1.29, 1.82) is 0 Å². The number of rotatable bonds is 7. The molecule has 0 fully saturated rings. The fraction of sp³-hybridized carbons (Fsp3) is 0.571. The Labute approximate surface area is 146 Å². The van der Waals surface area contributed by atoms with E-state index in [2.05, 4.69) is 9.46 Å². The summed E-state index contributed by atoms with van der Waals surface area (Å²) >= 11 is 0. The maximum absolute atomic E-state index is 12.4. The van der Waals surface area contributed by atoms with Crippen molar-refractivity contribution < 1.29 is 26.3 Å². The zero-order valence-electron chi connectivity index (χ0n) is 13.6. The summed E-state index contributed by atoms with van der Waals surface area (Å²) in [5.74, 6) is -0.412. The van der Waals surface area contributed by atoms with Crippen molar-refractivity contribution in [3.05, 3.63) is 24.3 Å². The second-order valence-electron chi connectivity index (χ2n) is 5.99. The molecule has 1 aromatic rings. The Hall–Kier alpha value is -1.03. The molecule has 10 heteroatoms. The number of benzene rings is 1. The van der Waals surface area contributed by atoms with Crippen LogP contribution in [-0.4, -0.2) is 26.9 Å². The monoisotopic (exact) mass is 390 g/mol. The van der Waals surface area contributed by atoms with Gasteiger partial charge in [-0.25, -0.2) is 13.1 Å². The molecule has 0 aliphatic carbocycles. The molecule has 1 rings (SSSR count). The second kappa shape index (κ2) is 8.37. The van der Waals surface area contributed by atoms with Crippen LogP contribution in [0.2, 0.25) is 0 Å². The molecule has 0 saturated carbocycles. The molecule has 3 N–H and O–H groups in total. The van der Waals surface area contributed by atoms with Gasteiger partial charge >= 0.3 is 6.36 Å². The lowest BCUT2D eigenvalue weighted by Crippen LogP contribution is -2.51. The van der Waals surface area contributed by atoms with E-state index in [1.165, 1.54) is 12.1 Å². The van der Waals surface area contributed by atoms with Crippen LogP contribution in [0.1, 0.15) is 27.2 Å². The minimum Gasteiger partial charge on any atom is -0.406 e. The summed E-state index contributed by atoms with van der Waals surface area (Å²) in [4.78, 5) is -0.317. The lowest BCUT2D eigenvalue weighted by Gasteiger charge is -2.30. The number of nitrogens with one attached hydrogen (secondary N) is 1. The number of sulfonamides is 1. The molecule has 0 aliphatic heterocycles. The summed E-state index contributed by atoms with van der Waals surface area (Å²) in [6.45, 7) is 5.55. The molecule has 0 bridgehead atoms. The summed E-state index contributed by atoms with van der Waals surface area (Å²) in [7, 11) is -4.03. The highest BCUT2D eigenvalue weighted by atomic mass is 35.5. The topological polar surface area (TPSA) is 81.4 Å². The average molecular weight is 391 g/mol. The van der Waals surface area contributed by atoms with Gasteiger partial charge in [-0.3, -0.25) is 0 Å². The van der Waals surface area contributed by atoms with E-state index in [1.807, 2.05) is 13.8 Å². The molecule has 1 aromatic carbocycles. The Morgan fingerprint density at radius 3 is 2.33 bits per heavy atom. The molecule has 24 heavy (non-hydrogen) atoms. The first kappa shape index (κ1) is 23.0. The Morgan fingerprint density at radius 1 is 1.29 bits per heavy atom. The summed E-state index contributed by atoms with van der Waals surface area (Å²) < 4.78 is 67.7. The van der Waals surface area contributed by atoms with Crippen LogP contribution in [0.5, 0.6) is 5.75 Å². The molecule has 0 aliphatic rings. The highest BCUT2D eigenvalue weighted by Crippen LogP contribution is 2.26. The summed E-state index contributed by atoms with van der Waals surface area (Å²) in [6, 6.07) is 4.22. The number of ether oxygens (including phenoxy) is 1. The van der Waals surface area contributed by atoms with Crippen molar-refractivity contribution in [3.8, 4) is 5.75 Å². The molecule has 0 aromatic heterocycles. The van der Waals surface area contributed by atoms with E-state index in [4.69, 9.17) is 5.73 Å². The molecule has 0 heterocycles. The van der Waals surface area contributed by atoms with E-state index in [1.54, 1.807) is 6.92 Å². The van der Waals surface area contributed by atoms with Crippen molar-refractivity contribution in [3.63, 3.8) is 0 Å². The molecule has 0 saturated heterocycles. The Kier molecular flexibility index (Phi) is 8.01. The predicted molar refractivity (Wildman–Crippen MR) is 87.6 cm³/mol. The van der Waals surface area contributed by atoms with Gasteiger partial charge in [-0.1, -0.05) is 19.9 Å². The quantitative estimate of drug-likeness (QED) is 0.749. The number of nitrogens with two attached hydrogens (primary N) is 1. The third kappa shape index (κ3) is 7.25. The van der Waals surface area contributed by atoms with E-state index < -0.39 is 27.7 Å². The standard InChI is InChI=1S/C14H21F3N2O3S.ClH/c1-10(2)8-13(3,9-18)19-23(20,21)12-6-4-5-11(7-12)22-14(15,16)17;/h4-7,10,19H,8-9,18H2,1-3H3;1H. The third-order valence-electron chi connectivity index (χ3n) is 3.04. The van der Waals surface area contributed by atoms with Crippen LogP contribution in [0.15, 0.2) is 29.2 Å². The van der Waals surface area contributed by atoms with E-state index in [-0.39, 0.29) is 29.8 Å². The molecule has 5 nitrogen and oxygen atoms in total. The number of halogens is 4. The Morgan fingerprint density at radius 2 is 1.88 bits per heavy atom. The highest BCUT2D eigenvalue weighted by molar-refractivity contribution is 7.89. The maximum atomic E-state index is 12.4. The van der Waals surface area contributed by atoms with Crippen molar-refractivity contribution in [2.24, 2.45) is 11.7 Å². The van der Waals surface area contributed by atoms with Crippen molar-refractivity contribution in [2.75, 3.05) is 6.54 Å². The molecular formula is C14H22ClF3N2O3S. The van der Waals surface area contributed by atoms with Crippen LogP contribution in [0, 0.1) is 5.92 Å². The van der Waals surface area contributed by atoms with Crippen LogP contribution in [0.3, 0.4) is 0 Å². The van der Waals surface area contributed by atoms with Gasteiger partial charge in [-0.05, 0) is 31.4 Å². The van der Waals surface area contributed by atoms with Gasteiger partial charge in [0.05, 0.1) is 4.90 Å². The lowest BCUT2D eigenvalue weighted by atomic mass is 9.92. The van der Waals surface area contributed by atoms with Crippen LogP contribution >= 0.6 is 12.4 Å². The van der Waals surface area contributed by atoms with E-state index in [0.29, 0.717) is 6.42 Å². The van der Waals surface area contributed by atoms with Crippen molar-refractivity contribution >= 4 is 22.4 Å². The third-order valence-corrected chi connectivity index (χ3v) is 4.68. The molecule has 0 amide bonds. The van der Waals surface area contributed by atoms with Crippen LogP contribution < -0.4 is 15.2 Å². The van der Waals surface area contributed by atoms with Crippen molar-refractivity contribution in [1.82, 2.24) is 4.72 Å². The van der Waals surface area contributed by atoms with Gasteiger partial charge in [0.25, 0.3) is 0 Å². The van der Waals surface area contributed by atoms with Gasteiger partial charge in [-0.2, -0.15) is 0 Å². The number of hydrogen-bond acceptors (Lipinski definition) is 4. The smallest absolute Gasteiger partial charge is 0.406 e. The SMILES string of the molecule is CC(C)CC(C)(CN)NS(=O)(=O)c1cccc(OC(F)(F)F)c1.Cl. The number of hydrogen-bond donors (Lipinski definition) is 2. The first-order chi connectivity index (χ1) is 10.4. The van der Waals surface area contributed by atoms with Gasteiger partial charge in [-0.15, -0.1) is 25.6 Å². The van der Waals surface area contributed by atoms with Gasteiger partial charge in [0.1, 0.15) is 5.75 Å². The minimum absolute atomic E-state index is 0. The van der Waals surface area contributed by atoms with E-state index >= 15 is 0 Å². The first-order valence-corrected chi connectivity index (χ1v) is 8.45. The average Bonchev–Trinajstić information content (AvgIpc) is 2.35. The maximum Gasteiger partial charge on any atom is 0.573 e. The minimum atomic E-state index is -4.89. The molecular weight excluding hydrogens is 369 g/mol. The van der Waals surface area contributed by atoms with Gasteiger partial charge in [0.2, 0.25) is 10.0 Å².